The number of aromatic nitrogens is 2. The number of rotatable bonds is 6. The number of nitrogens with zero attached hydrogens (tertiary/aromatic N) is 2. The van der Waals surface area contributed by atoms with E-state index in [9.17, 15) is 9.59 Å². The number of benzene rings is 2. The van der Waals surface area contributed by atoms with Gasteiger partial charge < -0.3 is 4.74 Å². The van der Waals surface area contributed by atoms with Gasteiger partial charge in [0.15, 0.2) is 17.5 Å². The zero-order valence-corrected chi connectivity index (χ0v) is 16.5. The molecule has 0 saturated carbocycles. The molecule has 0 amide bonds. The first-order valence-corrected chi connectivity index (χ1v) is 10.2. The molecular formula is C21H17ClN2O3S. The van der Waals surface area contributed by atoms with Crippen LogP contribution in [-0.2, 0) is 13.0 Å². The zero-order chi connectivity index (χ0) is 19.5. The molecule has 0 aliphatic carbocycles. The second-order valence-corrected chi connectivity index (χ2v) is 7.86. The van der Waals surface area contributed by atoms with E-state index >= 15 is 0 Å². The van der Waals surface area contributed by atoms with Crippen molar-refractivity contribution in [2.75, 3.05) is 12.4 Å². The van der Waals surface area contributed by atoms with E-state index in [4.69, 9.17) is 16.3 Å². The van der Waals surface area contributed by atoms with Crippen LogP contribution in [0.5, 0.6) is 5.88 Å². The van der Waals surface area contributed by atoms with Crippen LogP contribution in [0, 0.1) is 0 Å². The predicted octanol–water partition coefficient (Wildman–Crippen LogP) is 3.85. The van der Waals surface area contributed by atoms with Gasteiger partial charge in [0.25, 0.3) is 5.56 Å². The van der Waals surface area contributed by atoms with Gasteiger partial charge >= 0.3 is 0 Å². The lowest BCUT2D eigenvalue weighted by molar-refractivity contribution is 0.0916. The average molecular weight is 413 g/mol. The van der Waals surface area contributed by atoms with Crippen LogP contribution in [0.15, 0.2) is 64.5 Å². The van der Waals surface area contributed by atoms with Crippen molar-refractivity contribution in [3.05, 3.63) is 86.7 Å². The summed E-state index contributed by atoms with van der Waals surface area (Å²) in [6.07, 6.45) is 0.364. The Balaban J connectivity index is 1.63. The first-order chi connectivity index (χ1) is 13.6. The van der Waals surface area contributed by atoms with Gasteiger partial charge in [0, 0.05) is 29.3 Å². The Morgan fingerprint density at radius 2 is 1.89 bits per heavy atom. The van der Waals surface area contributed by atoms with Crippen LogP contribution in [0.4, 0.5) is 0 Å². The molecule has 28 heavy (non-hydrogen) atoms. The molecule has 0 fully saturated rings. The molecule has 1 aliphatic heterocycles. The van der Waals surface area contributed by atoms with Crippen molar-refractivity contribution in [1.29, 1.82) is 0 Å². The van der Waals surface area contributed by atoms with Crippen LogP contribution in [0.1, 0.15) is 21.5 Å². The van der Waals surface area contributed by atoms with Crippen molar-refractivity contribution < 1.29 is 9.53 Å². The summed E-state index contributed by atoms with van der Waals surface area (Å²) in [4.78, 5) is 29.9. The quantitative estimate of drug-likeness (QED) is 0.454. The molecule has 7 heteroatoms. The van der Waals surface area contributed by atoms with Gasteiger partial charge in [0.1, 0.15) is 0 Å². The van der Waals surface area contributed by atoms with Crippen molar-refractivity contribution in [1.82, 2.24) is 9.55 Å². The predicted molar refractivity (Wildman–Crippen MR) is 110 cm³/mol. The van der Waals surface area contributed by atoms with Crippen LogP contribution >= 0.6 is 23.4 Å². The number of Topliss-reactive ketones (excluding diaryl/α,β-unsaturated/α-hetero) is 1. The van der Waals surface area contributed by atoms with E-state index in [-0.39, 0.29) is 23.8 Å². The first-order valence-electron chi connectivity index (χ1n) is 8.84. The summed E-state index contributed by atoms with van der Waals surface area (Å²) >= 11 is 7.47. The number of ketones is 1. The van der Waals surface area contributed by atoms with Gasteiger partial charge in [-0.3, -0.25) is 14.2 Å². The third-order valence-corrected chi connectivity index (χ3v) is 5.67. The van der Waals surface area contributed by atoms with Gasteiger partial charge in [0.05, 0.1) is 5.56 Å². The lowest BCUT2D eigenvalue weighted by Gasteiger charge is -2.13. The van der Waals surface area contributed by atoms with Crippen molar-refractivity contribution >= 4 is 29.1 Å². The van der Waals surface area contributed by atoms with E-state index in [0.29, 0.717) is 34.3 Å². The van der Waals surface area contributed by atoms with Gasteiger partial charge in [-0.05, 0) is 17.7 Å². The molecule has 5 nitrogen and oxygen atoms in total. The van der Waals surface area contributed by atoms with E-state index < -0.39 is 0 Å². The first kappa shape index (κ1) is 18.8. The molecule has 2 heterocycles. The van der Waals surface area contributed by atoms with Crippen molar-refractivity contribution in [2.24, 2.45) is 0 Å². The summed E-state index contributed by atoms with van der Waals surface area (Å²) in [5.74, 6) is 0.868. The van der Waals surface area contributed by atoms with Crippen LogP contribution in [-0.4, -0.2) is 27.7 Å². The minimum absolute atomic E-state index is 0.118. The minimum atomic E-state index is -0.168. The number of hydrogen-bond acceptors (Lipinski definition) is 5. The van der Waals surface area contributed by atoms with Crippen molar-refractivity contribution in [2.45, 2.75) is 18.1 Å². The highest BCUT2D eigenvalue weighted by Crippen LogP contribution is 2.26. The Morgan fingerprint density at radius 1 is 1.14 bits per heavy atom. The normalized spacial score (nSPS) is 12.6. The number of halogens is 1. The van der Waals surface area contributed by atoms with Gasteiger partial charge in [-0.1, -0.05) is 65.8 Å². The van der Waals surface area contributed by atoms with Gasteiger partial charge in [0.2, 0.25) is 5.88 Å². The fourth-order valence-electron chi connectivity index (χ4n) is 3.01. The number of thioether (sulfide) groups is 1. The Labute approximate surface area is 171 Å². The Morgan fingerprint density at radius 3 is 2.64 bits per heavy atom. The molecule has 0 bridgehead atoms. The number of ether oxygens (including phenoxy) is 1. The maximum absolute atomic E-state index is 13.0. The number of carbonyl (C=O) groups excluding carboxylic acids is 1. The highest BCUT2D eigenvalue weighted by atomic mass is 35.5. The largest absolute Gasteiger partial charge is 0.469 e. The maximum atomic E-state index is 13.0. The summed E-state index contributed by atoms with van der Waals surface area (Å²) in [5, 5.41) is 1.26. The molecule has 0 saturated heterocycles. The summed E-state index contributed by atoms with van der Waals surface area (Å²) in [7, 11) is 0. The molecule has 0 N–H and O–H groups in total. The van der Waals surface area contributed by atoms with E-state index in [2.05, 4.69) is 4.98 Å². The molecule has 2 aromatic carbocycles. The van der Waals surface area contributed by atoms with E-state index in [1.165, 1.54) is 11.8 Å². The Bertz CT molecular complexity index is 1070. The van der Waals surface area contributed by atoms with E-state index in [1.54, 1.807) is 41.0 Å². The molecule has 1 aliphatic rings. The van der Waals surface area contributed by atoms with Crippen LogP contribution in [0.25, 0.3) is 0 Å². The molecule has 142 valence electrons. The van der Waals surface area contributed by atoms with Crippen LogP contribution in [0.3, 0.4) is 0 Å². The molecule has 0 unspecified atom stereocenters. The molecule has 0 atom stereocenters. The average Bonchev–Trinajstić information content (AvgIpc) is 3.19. The SMILES string of the molecule is O=C(COc1nc2n(c(=O)c1Cc1ccc(Cl)cc1)CCS2)c1ccccc1. The standard InChI is InChI=1S/C21H17ClN2O3S/c22-16-8-6-14(7-9-16)12-17-19(23-21-24(20(17)26)10-11-28-21)27-13-18(25)15-4-2-1-3-5-15/h1-9H,10-13H2. The lowest BCUT2D eigenvalue weighted by atomic mass is 10.1. The van der Waals surface area contributed by atoms with Gasteiger partial charge in [-0.2, -0.15) is 4.98 Å². The maximum Gasteiger partial charge on any atom is 0.261 e. The number of fused-ring (bicyclic) bond motifs is 1. The number of hydrogen-bond donors (Lipinski definition) is 0. The van der Waals surface area contributed by atoms with Gasteiger partial charge in [-0.25, -0.2) is 0 Å². The van der Waals surface area contributed by atoms with Gasteiger partial charge in [-0.15, -0.1) is 0 Å². The van der Waals surface area contributed by atoms with Crippen molar-refractivity contribution in [3.63, 3.8) is 0 Å². The highest BCUT2D eigenvalue weighted by Gasteiger charge is 2.22. The zero-order valence-electron chi connectivity index (χ0n) is 14.9. The Hall–Kier alpha value is -2.57. The molecule has 0 radical (unpaired) electrons. The third kappa shape index (κ3) is 3.98. The third-order valence-electron chi connectivity index (χ3n) is 4.47. The van der Waals surface area contributed by atoms with Crippen LogP contribution < -0.4 is 10.3 Å². The van der Waals surface area contributed by atoms with Crippen molar-refractivity contribution in [3.8, 4) is 5.88 Å². The van der Waals surface area contributed by atoms with Crippen LogP contribution in [0.2, 0.25) is 5.02 Å². The highest BCUT2D eigenvalue weighted by molar-refractivity contribution is 7.99. The smallest absolute Gasteiger partial charge is 0.261 e. The molecule has 0 spiro atoms. The van der Waals surface area contributed by atoms with E-state index in [1.807, 2.05) is 18.2 Å². The summed E-state index contributed by atoms with van der Waals surface area (Å²) < 4.78 is 7.41. The summed E-state index contributed by atoms with van der Waals surface area (Å²) in [6.45, 7) is 0.459. The number of carbonyl (C=O) groups is 1. The fraction of sp³-hybridized carbons (Fsp3) is 0.190. The second kappa shape index (κ2) is 8.20. The Kier molecular flexibility index (Phi) is 5.50. The summed E-state index contributed by atoms with van der Waals surface area (Å²) in [5.41, 5.74) is 1.82. The monoisotopic (exact) mass is 412 g/mol. The van der Waals surface area contributed by atoms with E-state index in [0.717, 1.165) is 11.3 Å². The lowest BCUT2D eigenvalue weighted by Crippen LogP contribution is -2.26. The minimum Gasteiger partial charge on any atom is -0.469 e. The molecule has 1 aromatic heterocycles. The summed E-state index contributed by atoms with van der Waals surface area (Å²) in [6, 6.07) is 16.2. The second-order valence-electron chi connectivity index (χ2n) is 6.36. The topological polar surface area (TPSA) is 61.2 Å². The fourth-order valence-corrected chi connectivity index (χ4v) is 4.07. The molecular weight excluding hydrogens is 396 g/mol. The molecule has 4 rings (SSSR count). The molecule has 3 aromatic rings.